The van der Waals surface area contributed by atoms with Gasteiger partial charge < -0.3 is 32.2 Å². The first-order chi connectivity index (χ1) is 60.0. The smallest absolute Gasteiger partial charge is 0.793 e. The van der Waals surface area contributed by atoms with Gasteiger partial charge in [0.15, 0.2) is 16.9 Å². The molecule has 1 N–H and O–H groups in total. The Labute approximate surface area is 788 Å². The number of carbonyl (C=O) groups excluding carboxylic acids is 4. The maximum atomic E-state index is 13.6. The molecule has 3 aliphatic heterocycles. The Morgan fingerprint density at radius 3 is 0.992 bits per heavy atom. The second-order valence-corrected chi connectivity index (χ2v) is 37.9. The third-order valence-electron chi connectivity index (χ3n) is 23.5. The summed E-state index contributed by atoms with van der Waals surface area (Å²) in [4.78, 5) is 68.5. The van der Waals surface area contributed by atoms with Gasteiger partial charge in [-0.15, -0.1) is 0 Å². The average molecular weight is 1850 g/mol. The molecule has 0 amide bonds. The van der Waals surface area contributed by atoms with E-state index >= 15 is 0 Å². The Morgan fingerprint density at radius 1 is 0.431 bits per heavy atom. The Hall–Kier alpha value is -9.89. The van der Waals surface area contributed by atoms with Crippen LogP contribution in [0.5, 0.6) is 0 Å². The first-order valence-electron chi connectivity index (χ1n) is 42.2. The van der Waals surface area contributed by atoms with Crippen molar-refractivity contribution in [1.82, 2.24) is 71.3 Å². The molecule has 3 atom stereocenters. The molecule has 6 aliphatic rings. The summed E-state index contributed by atoms with van der Waals surface area (Å²) in [5.41, 5.74) is 9.68. The van der Waals surface area contributed by atoms with Crippen LogP contribution in [0, 0.1) is 0 Å². The molecule has 31 nitrogen and oxygen atoms in total. The van der Waals surface area contributed by atoms with E-state index in [-0.39, 0.29) is 79.9 Å². The molecule has 0 unspecified atom stereocenters. The number of nitrogens with one attached hydrogen (secondary N) is 1. The summed E-state index contributed by atoms with van der Waals surface area (Å²) in [6.07, 6.45) is 33.3. The van der Waals surface area contributed by atoms with Gasteiger partial charge in [0.05, 0.1) is 72.9 Å². The molecule has 693 valence electrons. The Bertz CT molecular complexity index is 5820. The predicted molar refractivity (Wildman–Crippen MR) is 499 cm³/mol. The van der Waals surface area contributed by atoms with Crippen molar-refractivity contribution in [3.05, 3.63) is 200 Å². The minimum Gasteiger partial charge on any atom is -0.793 e. The second kappa shape index (κ2) is 48.0. The number of pyridine rings is 3. The first-order valence-corrected chi connectivity index (χ1v) is 46.5. The van der Waals surface area contributed by atoms with Gasteiger partial charge in [0.25, 0.3) is 30.1 Å². The van der Waals surface area contributed by atoms with Gasteiger partial charge in [-0.2, -0.15) is 15.3 Å². The molecule has 3 radical (unpaired) electrons. The van der Waals surface area contributed by atoms with Gasteiger partial charge in [-0.3, -0.25) is 33.4 Å². The van der Waals surface area contributed by atoms with Crippen molar-refractivity contribution in [3.8, 4) is 33.4 Å². The van der Waals surface area contributed by atoms with Gasteiger partial charge in [-0.25, -0.2) is 71.5 Å². The van der Waals surface area contributed by atoms with Crippen LogP contribution >= 0.6 is 0 Å². The number of carbonyl (C=O) groups is 4. The van der Waals surface area contributed by atoms with Crippen LogP contribution in [0.25, 0.3) is 66.5 Å². The summed E-state index contributed by atoms with van der Waals surface area (Å²) in [6, 6.07) is 34.5. The minimum absolute atomic E-state index is 0. The van der Waals surface area contributed by atoms with Crippen LogP contribution in [0.4, 0.5) is 0 Å². The molecule has 0 bridgehead atoms. The third kappa shape index (κ3) is 25.7. The molecule has 12 aromatic rings. The second-order valence-electron chi connectivity index (χ2n) is 32.4. The standard InChI is InChI=1S/2C28H33N5O3S.C23H22N4O3S.C5H11NO.C4H6O4.C2H3BO2.4CH4.Na/c2*1-20-19-36-13-12-32(20)24-10-8-21(9-11-24)22-14-26-27(23-16-30-31(2)17-23)18-33(28(26)29-15-22)37(34,35)25-6-4-3-5-7-25;1-26-14-18(13-25-26)22-15-27(31(29,30)20-5-3-2-4-6-20)23-21(22)11-17(12-24-23)16-7-9-19(28)10-8-16;1-5-4-7-3-2-6-5;1-3(5)7-8-4(2)6;1-2(4)5-3;;;;;/h2*3-7,14-18,20-21,24H,8-13,19H2,1-2H3;2-6,11-16H,7-10H2,1H3;5-6H,2-4H2,1H3;1-2H3;1H3;4*1H4;/q;;;;;-1;;;;;+1/t2*20-,21?,24?;;5-;;;;;;;/m00.0......./s1. The van der Waals surface area contributed by atoms with Crippen LogP contribution in [0.3, 0.4) is 0 Å². The van der Waals surface area contributed by atoms with E-state index in [1.165, 1.54) is 30.0 Å². The maximum absolute atomic E-state index is 13.6. The molecular formula is C94H124BN15NaO16S3. The SMILES string of the molecule is C.C.C.C.CC(=O)OOC(C)=O.C[C@H]1COCCN1.C[C@H]1COCCN1C1CCC(c2cnc3c(c2)c(-c2cnn(C)c2)cn3S(=O)(=O)c2ccccc2)CC1.C[C@H]1COCCN1C1CCC(c2cnc3c(c2)c(-c2cnn(C)c2)cn3S(=O)(=O)c2ccccc2)CC1.Cn1cc(-c2cn(S(=O)(=O)c3ccccc3)c3ncc(C4CCC(=O)CC4)cc23)cn1.[B-]OC(C)=O.[Na+]. The molecule has 9 aromatic heterocycles. The van der Waals surface area contributed by atoms with Gasteiger partial charge in [0, 0.05) is 210 Å². The van der Waals surface area contributed by atoms with Gasteiger partial charge in [-0.1, -0.05) is 84.3 Å². The zero-order valence-electron chi connectivity index (χ0n) is 72.9. The number of benzene rings is 3. The summed E-state index contributed by atoms with van der Waals surface area (Å²) in [7, 11) is -1.53. The number of nitrogens with zero attached hydrogens (tertiary/aromatic N) is 14. The van der Waals surface area contributed by atoms with Crippen molar-refractivity contribution in [1.29, 1.82) is 0 Å². The van der Waals surface area contributed by atoms with Gasteiger partial charge in [0.1, 0.15) is 5.78 Å². The van der Waals surface area contributed by atoms with Crippen molar-refractivity contribution >= 4 is 94.9 Å². The topological polar surface area (TPSA) is 352 Å². The molecule has 3 aliphatic carbocycles. The van der Waals surface area contributed by atoms with E-state index in [1.54, 1.807) is 136 Å². The Kier molecular flexibility index (Phi) is 38.9. The summed E-state index contributed by atoms with van der Waals surface area (Å²) in [6.45, 7) is 18.3. The van der Waals surface area contributed by atoms with Crippen molar-refractivity contribution in [2.45, 2.75) is 211 Å². The van der Waals surface area contributed by atoms with Crippen LogP contribution in [0.2, 0.25) is 0 Å². The van der Waals surface area contributed by atoms with E-state index in [0.717, 1.165) is 192 Å². The predicted octanol–water partition coefficient (Wildman–Crippen LogP) is 11.9. The van der Waals surface area contributed by atoms with Gasteiger partial charge in [0.2, 0.25) is 5.97 Å². The summed E-state index contributed by atoms with van der Waals surface area (Å²) >= 11 is 0. The third-order valence-corrected chi connectivity index (χ3v) is 28.5. The number of hydrogen-bond acceptors (Lipinski definition) is 25. The normalized spacial score (nSPS) is 19.6. The molecule has 6 fully saturated rings. The Morgan fingerprint density at radius 2 is 0.738 bits per heavy atom. The zero-order chi connectivity index (χ0) is 88.7. The van der Waals surface area contributed by atoms with E-state index < -0.39 is 48.0 Å². The van der Waals surface area contributed by atoms with Crippen molar-refractivity contribution < 1.29 is 103 Å². The molecule has 12 heterocycles. The van der Waals surface area contributed by atoms with Gasteiger partial charge >= 0.3 is 41.5 Å². The van der Waals surface area contributed by atoms with Gasteiger partial charge in [-0.05, 0) is 174 Å². The quantitative estimate of drug-likeness (QED) is 0.0600. The molecule has 130 heavy (non-hydrogen) atoms. The average Bonchev–Trinajstić information content (AvgIpc) is 1.60. The molecule has 3 saturated carbocycles. The fraction of sp³-hybridized carbons (Fsp3) is 0.447. The number of fused-ring (bicyclic) bond motifs is 3. The summed E-state index contributed by atoms with van der Waals surface area (Å²) in [5, 5.41) is 18.6. The number of rotatable bonds is 14. The van der Waals surface area contributed by atoms with Crippen molar-refractivity contribution in [2.24, 2.45) is 21.1 Å². The Balaban J connectivity index is 0.000000214. The molecule has 3 saturated heterocycles. The van der Waals surface area contributed by atoms with Crippen molar-refractivity contribution in [2.75, 3.05) is 59.3 Å². The van der Waals surface area contributed by atoms with E-state index in [0.29, 0.717) is 77.6 Å². The molecule has 3 aromatic carbocycles. The number of ketones is 1. The van der Waals surface area contributed by atoms with E-state index in [9.17, 15) is 44.4 Å². The van der Waals surface area contributed by atoms with Crippen LogP contribution in [-0.2, 0) is 99.0 Å². The first kappa shape index (κ1) is 105. The maximum Gasteiger partial charge on any atom is 1.00 e. The van der Waals surface area contributed by atoms with E-state index in [2.05, 4.69) is 90.8 Å². The molecule has 36 heteroatoms. The number of aromatic nitrogens is 12. The number of hydrogen-bond donors (Lipinski definition) is 1. The van der Waals surface area contributed by atoms with E-state index in [1.807, 2.05) is 70.3 Å². The van der Waals surface area contributed by atoms with Crippen molar-refractivity contribution in [3.63, 3.8) is 0 Å². The number of aryl methyl sites for hydroxylation is 3. The molecular weight excluding hydrogens is 1730 g/mol. The fourth-order valence-corrected chi connectivity index (χ4v) is 21.2. The number of ether oxygens (including phenoxy) is 3. The van der Waals surface area contributed by atoms with Crippen LogP contribution < -0.4 is 34.9 Å². The molecule has 0 spiro atoms. The van der Waals surface area contributed by atoms with E-state index in [4.69, 9.17) is 24.2 Å². The zero-order valence-corrected chi connectivity index (χ0v) is 77.3. The number of Topliss-reactive ketones (excluding diaryl/α,β-unsaturated/α-hetero) is 1. The summed E-state index contributed by atoms with van der Waals surface area (Å²) < 4.78 is 110. The monoisotopic (exact) mass is 1850 g/mol. The fourth-order valence-electron chi connectivity index (χ4n) is 17.1. The summed E-state index contributed by atoms with van der Waals surface area (Å²) in [5.74, 6) is -0.349. The largest absolute Gasteiger partial charge is 1.00 e. The van der Waals surface area contributed by atoms with Crippen LogP contribution in [0.1, 0.15) is 183 Å². The molecule has 18 rings (SSSR count). The number of morpholine rings is 3. The minimum atomic E-state index is -3.81. The van der Waals surface area contributed by atoms with Crippen LogP contribution in [-0.4, -0.2) is 212 Å². The van der Waals surface area contributed by atoms with Crippen LogP contribution in [0.15, 0.2) is 198 Å².